The van der Waals surface area contributed by atoms with E-state index in [1.165, 1.54) is 0 Å². The van der Waals surface area contributed by atoms with Crippen LogP contribution in [0.4, 0.5) is 4.79 Å². The summed E-state index contributed by atoms with van der Waals surface area (Å²) >= 11 is 6.02. The molecule has 0 bridgehead atoms. The molecule has 1 aromatic heterocycles. The normalized spacial score (nSPS) is 17.7. The Morgan fingerprint density at radius 1 is 0.943 bits per heavy atom. The van der Waals surface area contributed by atoms with Crippen molar-refractivity contribution in [3.63, 3.8) is 0 Å². The molecule has 1 N–H and O–H groups in total. The highest BCUT2D eigenvalue weighted by atomic mass is 35.5. The molecule has 1 fully saturated rings. The van der Waals surface area contributed by atoms with E-state index in [1.54, 1.807) is 24.3 Å². The van der Waals surface area contributed by atoms with Crippen LogP contribution in [-0.2, 0) is 17.4 Å². The Balaban J connectivity index is 1.55. The van der Waals surface area contributed by atoms with Crippen molar-refractivity contribution in [2.45, 2.75) is 18.9 Å². The van der Waals surface area contributed by atoms with E-state index < -0.39 is 17.5 Å². The summed E-state index contributed by atoms with van der Waals surface area (Å²) in [5.41, 5.74) is 2.43. The number of nitrogens with zero attached hydrogens (tertiary/aromatic N) is 2. The van der Waals surface area contributed by atoms with Gasteiger partial charge in [-0.2, -0.15) is 0 Å². The number of amides is 3. The SMILES string of the molecule is CCC1(c2ccc(Cl)cc2)NC(=O)N(CC(=O)c2c(-c3ccccc3)n(C)c3ccccc23)C1=O. The smallest absolute Gasteiger partial charge is 0.325 e. The first-order chi connectivity index (χ1) is 16.9. The van der Waals surface area contributed by atoms with Crippen LogP contribution < -0.4 is 5.32 Å². The number of benzene rings is 3. The summed E-state index contributed by atoms with van der Waals surface area (Å²) in [5.74, 6) is -0.741. The van der Waals surface area contributed by atoms with E-state index in [0.29, 0.717) is 22.6 Å². The first-order valence-electron chi connectivity index (χ1n) is 11.4. The van der Waals surface area contributed by atoms with Crippen LogP contribution in [0.2, 0.25) is 5.02 Å². The van der Waals surface area contributed by atoms with Crippen LogP contribution in [0.3, 0.4) is 0 Å². The number of hydrogen-bond acceptors (Lipinski definition) is 3. The molecular weight excluding hydrogens is 462 g/mol. The van der Waals surface area contributed by atoms with Gasteiger partial charge in [-0.3, -0.25) is 14.5 Å². The summed E-state index contributed by atoms with van der Waals surface area (Å²) in [7, 11) is 1.91. The third kappa shape index (κ3) is 3.61. The number of fused-ring (bicyclic) bond motifs is 1. The van der Waals surface area contributed by atoms with Crippen LogP contribution in [-0.4, -0.2) is 33.7 Å². The van der Waals surface area contributed by atoms with Gasteiger partial charge in [0.25, 0.3) is 5.91 Å². The van der Waals surface area contributed by atoms with Crippen molar-refractivity contribution in [3.8, 4) is 11.3 Å². The van der Waals surface area contributed by atoms with Crippen molar-refractivity contribution in [3.05, 3.63) is 95.0 Å². The lowest BCUT2D eigenvalue weighted by atomic mass is 9.87. The van der Waals surface area contributed by atoms with Gasteiger partial charge in [-0.1, -0.05) is 79.2 Å². The molecule has 1 unspecified atom stereocenters. The number of halogens is 1. The van der Waals surface area contributed by atoms with Crippen LogP contribution in [0, 0.1) is 0 Å². The van der Waals surface area contributed by atoms with E-state index in [1.807, 2.05) is 73.1 Å². The molecule has 3 aromatic carbocycles. The number of ketones is 1. The van der Waals surface area contributed by atoms with E-state index in [9.17, 15) is 14.4 Å². The molecule has 35 heavy (non-hydrogen) atoms. The Bertz CT molecular complexity index is 1460. The quantitative estimate of drug-likeness (QED) is 0.288. The molecule has 5 rings (SSSR count). The van der Waals surface area contributed by atoms with Crippen LogP contribution in [0.15, 0.2) is 78.9 Å². The number of aromatic nitrogens is 1. The molecule has 6 nitrogen and oxygen atoms in total. The zero-order valence-corrected chi connectivity index (χ0v) is 20.2. The van der Waals surface area contributed by atoms with Gasteiger partial charge in [0.2, 0.25) is 0 Å². The van der Waals surface area contributed by atoms with Crippen LogP contribution in [0.5, 0.6) is 0 Å². The van der Waals surface area contributed by atoms with Gasteiger partial charge < -0.3 is 9.88 Å². The predicted octanol–water partition coefficient (Wildman–Crippen LogP) is 5.54. The average molecular weight is 486 g/mol. The van der Waals surface area contributed by atoms with E-state index in [0.717, 1.165) is 27.1 Å². The lowest BCUT2D eigenvalue weighted by molar-refractivity contribution is -0.131. The zero-order chi connectivity index (χ0) is 24.7. The molecule has 3 amide bonds. The lowest BCUT2D eigenvalue weighted by Crippen LogP contribution is -2.43. The van der Waals surface area contributed by atoms with E-state index in [4.69, 9.17) is 11.6 Å². The summed E-state index contributed by atoms with van der Waals surface area (Å²) in [5, 5.41) is 4.15. The summed E-state index contributed by atoms with van der Waals surface area (Å²) in [6.07, 6.45) is 0.341. The highest BCUT2D eigenvalue weighted by Gasteiger charge is 2.51. The molecule has 2 heterocycles. The van der Waals surface area contributed by atoms with Gasteiger partial charge in [-0.05, 0) is 35.7 Å². The number of carbonyl (C=O) groups is 3. The molecule has 0 saturated carbocycles. The maximum atomic E-state index is 13.8. The Labute approximate surface area is 208 Å². The first-order valence-corrected chi connectivity index (χ1v) is 11.8. The predicted molar refractivity (Wildman–Crippen MR) is 136 cm³/mol. The fourth-order valence-corrected chi connectivity index (χ4v) is 5.10. The molecule has 1 saturated heterocycles. The highest BCUT2D eigenvalue weighted by Crippen LogP contribution is 2.36. The fraction of sp³-hybridized carbons (Fsp3) is 0.179. The van der Waals surface area contributed by atoms with Gasteiger partial charge in [0.1, 0.15) is 5.54 Å². The minimum absolute atomic E-state index is 0.299. The van der Waals surface area contributed by atoms with Gasteiger partial charge in [0, 0.05) is 23.0 Å². The molecular formula is C28H24ClN3O3. The highest BCUT2D eigenvalue weighted by molar-refractivity contribution is 6.30. The minimum atomic E-state index is -1.23. The van der Waals surface area contributed by atoms with Crippen molar-refractivity contribution < 1.29 is 14.4 Å². The third-order valence-corrected chi connectivity index (χ3v) is 7.03. The third-order valence-electron chi connectivity index (χ3n) is 6.78. The molecule has 7 heteroatoms. The molecule has 1 aliphatic rings. The number of nitrogens with one attached hydrogen (secondary N) is 1. The zero-order valence-electron chi connectivity index (χ0n) is 19.4. The second-order valence-corrected chi connectivity index (χ2v) is 9.11. The van der Waals surface area contributed by atoms with Crippen LogP contribution in [0.25, 0.3) is 22.2 Å². The fourth-order valence-electron chi connectivity index (χ4n) is 4.98. The van der Waals surface area contributed by atoms with E-state index in [-0.39, 0.29) is 12.3 Å². The van der Waals surface area contributed by atoms with Gasteiger partial charge in [-0.25, -0.2) is 4.79 Å². The van der Waals surface area contributed by atoms with Gasteiger partial charge in [-0.15, -0.1) is 0 Å². The largest absolute Gasteiger partial charge is 0.343 e. The topological polar surface area (TPSA) is 71.4 Å². The van der Waals surface area contributed by atoms with Crippen molar-refractivity contribution in [1.82, 2.24) is 14.8 Å². The molecule has 176 valence electrons. The second-order valence-electron chi connectivity index (χ2n) is 8.68. The van der Waals surface area contributed by atoms with E-state index >= 15 is 0 Å². The number of Topliss-reactive ketones (excluding diaryl/α,β-unsaturated/α-hetero) is 1. The number of aryl methyl sites for hydroxylation is 1. The van der Waals surface area contributed by atoms with Gasteiger partial charge in [0.05, 0.1) is 17.8 Å². The number of imide groups is 1. The first kappa shape index (κ1) is 22.9. The van der Waals surface area contributed by atoms with Crippen molar-refractivity contribution in [1.29, 1.82) is 0 Å². The second kappa shape index (κ2) is 8.71. The minimum Gasteiger partial charge on any atom is -0.343 e. The number of para-hydroxylation sites is 1. The summed E-state index contributed by atoms with van der Waals surface area (Å²) < 4.78 is 1.98. The van der Waals surface area contributed by atoms with E-state index in [2.05, 4.69) is 5.32 Å². The Kier molecular flexibility index (Phi) is 5.69. The average Bonchev–Trinajstić information content (AvgIpc) is 3.31. The summed E-state index contributed by atoms with van der Waals surface area (Å²) in [6.45, 7) is 1.48. The maximum Gasteiger partial charge on any atom is 0.325 e. The number of hydrogen-bond donors (Lipinski definition) is 1. The molecule has 1 atom stereocenters. The Hall–Kier alpha value is -3.90. The van der Waals surface area contributed by atoms with Crippen molar-refractivity contribution in [2.75, 3.05) is 6.54 Å². The molecule has 0 spiro atoms. The maximum absolute atomic E-state index is 13.8. The summed E-state index contributed by atoms with van der Waals surface area (Å²) in [4.78, 5) is 41.4. The number of urea groups is 1. The lowest BCUT2D eigenvalue weighted by Gasteiger charge is -2.25. The molecule has 1 aliphatic heterocycles. The number of carbonyl (C=O) groups excluding carboxylic acids is 3. The van der Waals surface area contributed by atoms with Crippen molar-refractivity contribution in [2.24, 2.45) is 7.05 Å². The Morgan fingerprint density at radius 2 is 1.60 bits per heavy atom. The molecule has 0 aliphatic carbocycles. The van der Waals surface area contributed by atoms with Crippen LogP contribution in [0.1, 0.15) is 29.3 Å². The number of rotatable bonds is 6. The monoisotopic (exact) mass is 485 g/mol. The van der Waals surface area contributed by atoms with Crippen LogP contribution >= 0.6 is 11.6 Å². The molecule has 4 aromatic rings. The van der Waals surface area contributed by atoms with Gasteiger partial charge in [0.15, 0.2) is 5.78 Å². The molecule has 0 radical (unpaired) electrons. The van der Waals surface area contributed by atoms with Crippen molar-refractivity contribution >= 4 is 40.2 Å². The standard InChI is InChI=1S/C28H24ClN3O3/c1-3-28(19-13-15-20(29)16-14-19)26(34)32(27(35)30-28)17-23(33)24-21-11-7-8-12-22(21)31(2)25(24)18-9-5-4-6-10-18/h4-16H,3,17H2,1-2H3,(H,30,35). The summed E-state index contributed by atoms with van der Waals surface area (Å²) in [6, 6.07) is 23.5. The Morgan fingerprint density at radius 3 is 2.29 bits per heavy atom. The van der Waals surface area contributed by atoms with Gasteiger partial charge >= 0.3 is 6.03 Å².